The van der Waals surface area contributed by atoms with E-state index in [2.05, 4.69) is 272 Å². The minimum atomic E-state index is -0.196. The highest BCUT2D eigenvalue weighted by Gasteiger charge is 2.47. The number of thioether (sulfide) groups is 1. The van der Waals surface area contributed by atoms with Crippen LogP contribution in [0.1, 0.15) is 55.8 Å². The number of aromatic nitrogens is 2. The molecule has 0 spiro atoms. The zero-order valence-electron chi connectivity index (χ0n) is 43.8. The number of nitrogens with zero attached hydrogens (tertiary/aromatic N) is 4. The van der Waals surface area contributed by atoms with Gasteiger partial charge in [0.15, 0.2) is 11.0 Å². The third-order valence-corrected chi connectivity index (χ3v) is 17.1. The minimum Gasteiger partial charge on any atom is -0.367 e. The van der Waals surface area contributed by atoms with Crippen molar-refractivity contribution in [2.45, 2.75) is 62.3 Å². The van der Waals surface area contributed by atoms with Crippen LogP contribution in [0.4, 0.5) is 17.1 Å². The van der Waals surface area contributed by atoms with Crippen LogP contribution in [0.5, 0.6) is 0 Å². The Morgan fingerprint density at radius 2 is 1.16 bits per heavy atom. The molecule has 3 unspecified atom stereocenters. The topological polar surface area (TPSA) is 29.4 Å². The van der Waals surface area contributed by atoms with Gasteiger partial charge in [-0.05, 0) is 111 Å². The van der Waals surface area contributed by atoms with Crippen molar-refractivity contribution in [2.75, 3.05) is 35.3 Å². The maximum atomic E-state index is 4.07. The highest BCUT2D eigenvalue weighted by atomic mass is 32.2. The molecule has 74 heavy (non-hydrogen) atoms. The number of allylic oxidation sites excluding steroid dienone is 1. The van der Waals surface area contributed by atoms with Crippen LogP contribution in [0, 0.1) is 0 Å². The molecular weight excluding hydrogens is 919 g/mol. The monoisotopic (exact) mass is 985 g/mol. The van der Waals surface area contributed by atoms with E-state index in [0.29, 0.717) is 0 Å². The second-order valence-corrected chi connectivity index (χ2v) is 21.3. The van der Waals surface area contributed by atoms with Gasteiger partial charge in [0.05, 0.1) is 23.8 Å². The number of nitrogens with one attached hydrogen (secondary N) is 1. The second kappa shape index (κ2) is 19.9. The van der Waals surface area contributed by atoms with E-state index in [0.717, 1.165) is 25.2 Å². The first kappa shape index (κ1) is 48.5. The Kier molecular flexibility index (Phi) is 13.0. The van der Waals surface area contributed by atoms with Crippen LogP contribution in [0.25, 0.3) is 49.4 Å². The van der Waals surface area contributed by atoms with Crippen molar-refractivity contribution in [1.82, 2.24) is 4.98 Å². The van der Waals surface area contributed by atoms with Crippen LogP contribution in [0.3, 0.4) is 0 Å². The summed E-state index contributed by atoms with van der Waals surface area (Å²) in [6.07, 6.45) is 8.80. The molecule has 13 rings (SSSR count). The number of imidazole rings is 1. The van der Waals surface area contributed by atoms with Crippen LogP contribution >= 0.6 is 11.8 Å². The number of para-hydroxylation sites is 1. The molecule has 0 bridgehead atoms. The molecule has 368 valence electrons. The molecule has 0 amide bonds. The zero-order valence-corrected chi connectivity index (χ0v) is 44.6. The zero-order chi connectivity index (χ0) is 51.1. The number of fused-ring (bicyclic) bond motifs is 10. The molecule has 6 heteroatoms. The van der Waals surface area contributed by atoms with Crippen molar-refractivity contribution in [3.8, 4) is 0 Å². The van der Waals surface area contributed by atoms with Crippen LogP contribution in [-0.2, 0) is 30.7 Å². The molecule has 0 saturated heterocycles. The fourth-order valence-corrected chi connectivity index (χ4v) is 13.7. The first-order chi connectivity index (χ1) is 36.1. The largest absolute Gasteiger partial charge is 0.367 e. The van der Waals surface area contributed by atoms with Gasteiger partial charge >= 0.3 is 0 Å². The average molecular weight is 985 g/mol. The smallest absolute Gasteiger partial charge is 0.281 e. The molecular formula is C68H66N5S+. The van der Waals surface area contributed by atoms with Gasteiger partial charge < -0.3 is 14.7 Å². The van der Waals surface area contributed by atoms with Gasteiger partial charge in [0, 0.05) is 64.9 Å². The number of anilines is 3. The van der Waals surface area contributed by atoms with E-state index in [1.54, 1.807) is 0 Å². The summed E-state index contributed by atoms with van der Waals surface area (Å²) in [4.78, 5) is 12.4. The lowest BCUT2D eigenvalue weighted by Crippen LogP contribution is -2.42. The molecule has 1 aromatic heterocycles. The summed E-state index contributed by atoms with van der Waals surface area (Å²) in [5.74, 6) is 1.10. The molecule has 0 radical (unpaired) electrons. The van der Waals surface area contributed by atoms with Gasteiger partial charge in [0.2, 0.25) is 0 Å². The van der Waals surface area contributed by atoms with Crippen LogP contribution in [0.2, 0.25) is 0 Å². The fourth-order valence-electron chi connectivity index (χ4n) is 12.4. The van der Waals surface area contributed by atoms with E-state index in [4.69, 9.17) is 0 Å². The van der Waals surface area contributed by atoms with Gasteiger partial charge in [-0.3, -0.25) is 0 Å². The van der Waals surface area contributed by atoms with Gasteiger partial charge in [-0.15, -0.1) is 6.58 Å². The predicted octanol–water partition coefficient (Wildman–Crippen LogP) is 16.1. The van der Waals surface area contributed by atoms with Crippen molar-refractivity contribution >= 4 is 78.3 Å². The third kappa shape index (κ3) is 8.26. The van der Waals surface area contributed by atoms with Gasteiger partial charge in [0.1, 0.15) is 0 Å². The normalized spacial score (nSPS) is 19.7. The van der Waals surface area contributed by atoms with Crippen LogP contribution in [-0.4, -0.2) is 31.7 Å². The molecule has 4 heterocycles. The Labute approximate surface area is 441 Å². The Bertz CT molecular complexity index is 3780. The lowest BCUT2D eigenvalue weighted by Gasteiger charge is -2.35. The number of likely N-dealkylation sites (N-methyl/N-ethyl adjacent to an activating group) is 2. The molecule has 0 fully saturated rings. The number of H-pyrrole nitrogens is 1. The Balaban J connectivity index is 0.000000154. The third-order valence-electron chi connectivity index (χ3n) is 15.9. The Morgan fingerprint density at radius 3 is 1.85 bits per heavy atom. The van der Waals surface area contributed by atoms with Crippen molar-refractivity contribution in [3.63, 3.8) is 0 Å². The highest BCUT2D eigenvalue weighted by Crippen LogP contribution is 2.54. The number of hydrogen-bond acceptors (Lipinski definition) is 4. The molecule has 1 N–H and O–H groups in total. The van der Waals surface area contributed by atoms with E-state index in [-0.39, 0.29) is 16.9 Å². The molecule has 9 aromatic carbocycles. The van der Waals surface area contributed by atoms with Gasteiger partial charge in [0.25, 0.3) is 5.82 Å². The Hall–Kier alpha value is -7.80. The van der Waals surface area contributed by atoms with E-state index in [9.17, 15) is 0 Å². The van der Waals surface area contributed by atoms with E-state index < -0.39 is 0 Å². The summed E-state index contributed by atoms with van der Waals surface area (Å²) in [7, 11) is 6.62. The summed E-state index contributed by atoms with van der Waals surface area (Å²) >= 11 is 1.90. The van der Waals surface area contributed by atoms with Gasteiger partial charge in [-0.25, -0.2) is 9.55 Å². The molecule has 10 aromatic rings. The standard InChI is InChI=1S/C34H29N3.C32H30N2S.C2H6/c1-34(22-23-11-5-4-6-12-23)30(36(2)28-19-17-24-13-7-9-15-26(24)32(28)34)21-31-35-33-27-16-10-8-14-25(27)18-20-29(33)37(31)3;1-4-20-34-28-19-18-24-14-8-9-15-25(24)31(28)35-30(34)21-29-32(2,22-23-12-6-5-7-13-23)26-16-10-11-17-27(26)33(29)3;1-2/h4-21H,22H2,1-3H3;4-19,21,29H,1,20,22H2,2-3H3;1-2H3/p+1/b30-21+;30-21-;. The number of hydrogen-bond donors (Lipinski definition) is 1. The average Bonchev–Trinajstić information content (AvgIpc) is 4.12. The molecule has 3 atom stereocenters. The fraction of sp³-hybridized carbons (Fsp3) is 0.191. The first-order valence-electron chi connectivity index (χ1n) is 26.2. The summed E-state index contributed by atoms with van der Waals surface area (Å²) in [6.45, 7) is 13.7. The lowest BCUT2D eigenvalue weighted by atomic mass is 9.73. The molecule has 5 nitrogen and oxygen atoms in total. The number of benzene rings is 9. The minimum absolute atomic E-state index is 0.0447. The number of aromatic amines is 1. The predicted molar refractivity (Wildman–Crippen MR) is 318 cm³/mol. The summed E-state index contributed by atoms with van der Waals surface area (Å²) in [5.41, 5.74) is 12.9. The van der Waals surface area contributed by atoms with E-state index in [1.807, 2.05) is 31.7 Å². The van der Waals surface area contributed by atoms with Crippen molar-refractivity contribution in [2.24, 2.45) is 7.05 Å². The van der Waals surface area contributed by atoms with Crippen molar-refractivity contribution in [1.29, 1.82) is 0 Å². The number of rotatable bonds is 8. The maximum Gasteiger partial charge on any atom is 0.281 e. The number of aryl methyl sites for hydroxylation is 1. The summed E-state index contributed by atoms with van der Waals surface area (Å²) in [6, 6.07) is 70.6. The maximum absolute atomic E-state index is 4.07. The molecule has 3 aliphatic heterocycles. The highest BCUT2D eigenvalue weighted by molar-refractivity contribution is 8.04. The Morgan fingerprint density at radius 1 is 0.608 bits per heavy atom. The van der Waals surface area contributed by atoms with Crippen LogP contribution < -0.4 is 19.3 Å². The quantitative estimate of drug-likeness (QED) is 0.121. The second-order valence-electron chi connectivity index (χ2n) is 20.3. The van der Waals surface area contributed by atoms with Gasteiger partial charge in [-0.2, -0.15) is 0 Å². The molecule has 3 aliphatic rings. The molecule has 0 saturated carbocycles. The molecule has 0 aliphatic carbocycles. The lowest BCUT2D eigenvalue weighted by molar-refractivity contribution is -0.646. The van der Waals surface area contributed by atoms with Gasteiger partial charge in [-0.1, -0.05) is 196 Å². The van der Waals surface area contributed by atoms with E-state index >= 15 is 0 Å². The first-order valence-corrected chi connectivity index (χ1v) is 27.0. The summed E-state index contributed by atoms with van der Waals surface area (Å²) in [5, 5.41) is 9.03. The van der Waals surface area contributed by atoms with E-state index in [1.165, 1.54) is 98.3 Å². The van der Waals surface area contributed by atoms with Crippen molar-refractivity contribution < 1.29 is 4.57 Å². The van der Waals surface area contributed by atoms with Crippen LogP contribution in [0.15, 0.2) is 228 Å². The van der Waals surface area contributed by atoms with Crippen molar-refractivity contribution in [3.05, 3.63) is 252 Å². The SMILES string of the molecule is C=CCN1/C(=C/C2N(C)c3ccccc3C2(C)Cc2ccccc2)Sc2c1ccc1ccccc21.CC.CN1/C(=C/c2[nH]c3c4ccccc4ccc3[n+]2C)C(C)(Cc2ccccc2)c2c1ccc1ccccc21. The summed E-state index contributed by atoms with van der Waals surface area (Å²) < 4.78 is 2.28.